The van der Waals surface area contributed by atoms with Crippen molar-refractivity contribution >= 4 is 22.0 Å². The standard InChI is InChI=1S/C34H39NO7S/c1-33(2,3)41-31(36)26(22-24-14-10-8-11-15-24)23-29(32(37)42-34(4,5)6)30(25-16-12-9-13-17-25)35-43(38,39)28-20-18-27(40-7)19-21-28/h8-21,30,35H,22H2,1-7H3/t23?,30-/m1/s1. The molecule has 0 aromatic heterocycles. The summed E-state index contributed by atoms with van der Waals surface area (Å²) in [5.74, 6) is -1.05. The Labute approximate surface area is 254 Å². The minimum atomic E-state index is -4.20. The van der Waals surface area contributed by atoms with E-state index in [0.717, 1.165) is 5.56 Å². The monoisotopic (exact) mass is 605 g/mol. The van der Waals surface area contributed by atoms with Gasteiger partial charge in [-0.25, -0.2) is 18.0 Å². The minimum Gasteiger partial charge on any atom is -0.497 e. The molecule has 0 fully saturated rings. The van der Waals surface area contributed by atoms with Crippen LogP contribution in [0.4, 0.5) is 0 Å². The highest BCUT2D eigenvalue weighted by Crippen LogP contribution is 2.28. The Bertz CT molecular complexity index is 1580. The van der Waals surface area contributed by atoms with Crippen molar-refractivity contribution in [3.8, 4) is 5.75 Å². The lowest BCUT2D eigenvalue weighted by Crippen LogP contribution is -2.34. The summed E-state index contributed by atoms with van der Waals surface area (Å²) in [6.45, 7) is 10.3. The number of methoxy groups -OCH3 is 1. The van der Waals surface area contributed by atoms with Crippen molar-refractivity contribution in [2.45, 2.75) is 70.1 Å². The first-order chi connectivity index (χ1) is 20.1. The zero-order chi connectivity index (χ0) is 31.8. The number of hydrogen-bond acceptors (Lipinski definition) is 7. The molecule has 1 atom stereocenters. The van der Waals surface area contributed by atoms with Crippen LogP contribution >= 0.6 is 0 Å². The summed E-state index contributed by atoms with van der Waals surface area (Å²) < 4.78 is 46.6. The highest BCUT2D eigenvalue weighted by Gasteiger charge is 2.32. The molecule has 0 amide bonds. The molecule has 0 aliphatic heterocycles. The molecular formula is C34H39NO7S. The quantitative estimate of drug-likeness (QED) is 0.169. The van der Waals surface area contributed by atoms with Crippen molar-refractivity contribution in [1.29, 1.82) is 0 Å². The lowest BCUT2D eigenvalue weighted by molar-refractivity contribution is -0.150. The van der Waals surface area contributed by atoms with Gasteiger partial charge in [0, 0.05) is 6.42 Å². The molecule has 0 heterocycles. The third kappa shape index (κ3) is 10.3. The Hall–Kier alpha value is -4.17. The second-order valence-electron chi connectivity index (χ2n) is 11.8. The predicted molar refractivity (Wildman–Crippen MR) is 165 cm³/mol. The molecule has 8 nitrogen and oxygen atoms in total. The Morgan fingerprint density at radius 3 is 1.79 bits per heavy atom. The molecule has 43 heavy (non-hydrogen) atoms. The zero-order valence-electron chi connectivity index (χ0n) is 25.6. The number of hydrogen-bond donors (Lipinski definition) is 1. The van der Waals surface area contributed by atoms with Crippen molar-refractivity contribution in [2.75, 3.05) is 7.11 Å². The van der Waals surface area contributed by atoms with Crippen molar-refractivity contribution in [1.82, 2.24) is 4.72 Å². The molecule has 0 spiro atoms. The van der Waals surface area contributed by atoms with Crippen LogP contribution in [0.1, 0.15) is 58.7 Å². The fraction of sp³-hybridized carbons (Fsp3) is 0.324. The molecule has 0 bridgehead atoms. The van der Waals surface area contributed by atoms with Crippen LogP contribution in [0.3, 0.4) is 0 Å². The van der Waals surface area contributed by atoms with E-state index >= 15 is 0 Å². The lowest BCUT2D eigenvalue weighted by Gasteiger charge is -2.25. The van der Waals surface area contributed by atoms with Crippen molar-refractivity contribution < 1.29 is 32.2 Å². The van der Waals surface area contributed by atoms with Crippen molar-refractivity contribution in [3.05, 3.63) is 113 Å². The fourth-order valence-electron chi connectivity index (χ4n) is 3.96. The summed E-state index contributed by atoms with van der Waals surface area (Å²) in [4.78, 5) is 27.3. The van der Waals surface area contributed by atoms with Crippen LogP contribution in [0.5, 0.6) is 5.75 Å². The molecule has 0 unspecified atom stereocenters. The number of rotatable bonds is 10. The van der Waals surface area contributed by atoms with E-state index in [1.165, 1.54) is 31.4 Å². The molecular weight excluding hydrogens is 566 g/mol. The normalized spacial score (nSPS) is 12.4. The fourth-order valence-corrected chi connectivity index (χ4v) is 5.16. The summed E-state index contributed by atoms with van der Waals surface area (Å²) >= 11 is 0. The second-order valence-corrected chi connectivity index (χ2v) is 13.5. The molecule has 3 aromatic rings. The Morgan fingerprint density at radius 1 is 0.767 bits per heavy atom. The first kappa shape index (κ1) is 33.3. The van der Waals surface area contributed by atoms with Crippen molar-refractivity contribution in [2.24, 2.45) is 0 Å². The lowest BCUT2D eigenvalue weighted by atomic mass is 9.97. The minimum absolute atomic E-state index is 0.0339. The maximum absolute atomic E-state index is 13.8. The van der Waals surface area contributed by atoms with Gasteiger partial charge < -0.3 is 14.2 Å². The molecule has 3 aromatic carbocycles. The maximum Gasteiger partial charge on any atom is 0.344 e. The number of nitrogens with one attached hydrogen (secondary N) is 1. The van der Waals surface area contributed by atoms with Crippen LogP contribution in [0.25, 0.3) is 0 Å². The molecule has 0 saturated heterocycles. The van der Waals surface area contributed by atoms with Gasteiger partial charge in [0.2, 0.25) is 10.0 Å². The van der Waals surface area contributed by atoms with Crippen LogP contribution in [0.15, 0.2) is 107 Å². The van der Waals surface area contributed by atoms with E-state index in [9.17, 15) is 18.0 Å². The van der Waals surface area contributed by atoms with Crippen LogP contribution in [-0.4, -0.2) is 38.7 Å². The maximum atomic E-state index is 13.8. The van der Waals surface area contributed by atoms with Gasteiger partial charge >= 0.3 is 11.9 Å². The van der Waals surface area contributed by atoms with E-state index in [0.29, 0.717) is 11.3 Å². The largest absolute Gasteiger partial charge is 0.497 e. The van der Waals surface area contributed by atoms with E-state index in [-0.39, 0.29) is 22.5 Å². The SMILES string of the molecule is COc1ccc(S(=O)(=O)N[C@@H](C(=C=C(Cc2ccccc2)C(=O)OC(C)(C)C)C(=O)OC(C)(C)C)c2ccccc2)cc1. The third-order valence-electron chi connectivity index (χ3n) is 5.84. The second kappa shape index (κ2) is 13.9. The topological polar surface area (TPSA) is 108 Å². The Morgan fingerprint density at radius 2 is 1.28 bits per heavy atom. The Kier molecular flexibility index (Phi) is 10.8. The van der Waals surface area contributed by atoms with Crippen LogP contribution in [0, 0.1) is 0 Å². The molecule has 9 heteroatoms. The molecule has 0 saturated carbocycles. The Balaban J connectivity index is 2.31. The van der Waals surface area contributed by atoms with Gasteiger partial charge in [0.25, 0.3) is 0 Å². The molecule has 0 aliphatic rings. The number of esters is 2. The summed E-state index contributed by atoms with van der Waals surface area (Å²) in [5, 5.41) is 0. The average Bonchev–Trinajstić information content (AvgIpc) is 2.93. The summed E-state index contributed by atoms with van der Waals surface area (Å²) in [6.07, 6.45) is 0.0782. The van der Waals surface area contributed by atoms with Gasteiger partial charge in [0.15, 0.2) is 0 Å². The summed E-state index contributed by atoms with van der Waals surface area (Å²) in [6, 6.07) is 22.3. The van der Waals surface area contributed by atoms with Crippen molar-refractivity contribution in [3.63, 3.8) is 0 Å². The molecule has 0 radical (unpaired) electrons. The highest BCUT2D eigenvalue weighted by molar-refractivity contribution is 7.89. The predicted octanol–water partition coefficient (Wildman–Crippen LogP) is 6.09. The van der Waals surface area contributed by atoms with Gasteiger partial charge in [0.05, 0.1) is 23.6 Å². The van der Waals surface area contributed by atoms with Gasteiger partial charge in [0.1, 0.15) is 22.5 Å². The van der Waals surface area contributed by atoms with E-state index in [2.05, 4.69) is 10.5 Å². The molecule has 0 aliphatic carbocycles. The summed E-state index contributed by atoms with van der Waals surface area (Å²) in [5.41, 5.74) is 2.27. The van der Waals surface area contributed by atoms with Gasteiger partial charge in [-0.2, -0.15) is 4.72 Å². The van der Waals surface area contributed by atoms with E-state index < -0.39 is 39.2 Å². The first-order valence-corrected chi connectivity index (χ1v) is 15.3. The highest BCUT2D eigenvalue weighted by atomic mass is 32.2. The van der Waals surface area contributed by atoms with Crippen LogP contribution < -0.4 is 9.46 Å². The summed E-state index contributed by atoms with van der Waals surface area (Å²) in [7, 11) is -2.72. The number of carbonyl (C=O) groups excluding carboxylic acids is 2. The average molecular weight is 606 g/mol. The van der Waals surface area contributed by atoms with Crippen LogP contribution in [0.2, 0.25) is 0 Å². The van der Waals surface area contributed by atoms with Gasteiger partial charge in [-0.05, 0) is 76.9 Å². The molecule has 3 rings (SSSR count). The van der Waals surface area contributed by atoms with Gasteiger partial charge in [-0.15, -0.1) is 0 Å². The number of sulfonamides is 1. The van der Waals surface area contributed by atoms with E-state index in [1.54, 1.807) is 71.9 Å². The van der Waals surface area contributed by atoms with Gasteiger partial charge in [-0.3, -0.25) is 0 Å². The first-order valence-electron chi connectivity index (χ1n) is 13.8. The molecule has 228 valence electrons. The molecule has 1 N–H and O–H groups in total. The third-order valence-corrected chi connectivity index (χ3v) is 7.28. The van der Waals surface area contributed by atoms with Gasteiger partial charge in [-0.1, -0.05) is 66.4 Å². The smallest absolute Gasteiger partial charge is 0.344 e. The number of carbonyl (C=O) groups is 2. The van der Waals surface area contributed by atoms with Crippen LogP contribution in [-0.2, 0) is 35.5 Å². The number of benzene rings is 3. The zero-order valence-corrected chi connectivity index (χ0v) is 26.4. The van der Waals surface area contributed by atoms with E-state index in [4.69, 9.17) is 14.2 Å². The van der Waals surface area contributed by atoms with E-state index in [1.807, 2.05) is 30.3 Å². The number of ether oxygens (including phenoxy) is 3.